The summed E-state index contributed by atoms with van der Waals surface area (Å²) in [5.74, 6) is -0.847. The number of hydrogen-bond acceptors (Lipinski definition) is 4. The van der Waals surface area contributed by atoms with Gasteiger partial charge in [-0.15, -0.1) is 0 Å². The number of hydrogen-bond donors (Lipinski definition) is 2. The second kappa shape index (κ2) is 4.94. The molecule has 82 valence electrons. The molecular weight excluding hydrogens is 204 g/mol. The van der Waals surface area contributed by atoms with Crippen LogP contribution in [0.3, 0.4) is 0 Å². The third-order valence-corrected chi connectivity index (χ3v) is 2.01. The summed E-state index contributed by atoms with van der Waals surface area (Å²) in [4.78, 5) is 10.7. The maximum absolute atomic E-state index is 10.7. The largest absolute Gasteiger partial charge is 0.364 e. The van der Waals surface area contributed by atoms with Crippen LogP contribution in [-0.2, 0) is 4.79 Å². The Morgan fingerprint density at radius 1 is 1.50 bits per heavy atom. The van der Waals surface area contributed by atoms with E-state index in [0.29, 0.717) is 0 Å². The molecule has 0 heterocycles. The molecule has 1 aromatic carbocycles. The number of nitrogens with one attached hydrogen (secondary N) is 1. The molecule has 0 radical (unpaired) electrons. The Hall–Kier alpha value is -2.35. The highest BCUT2D eigenvalue weighted by Crippen LogP contribution is 2.15. The summed E-state index contributed by atoms with van der Waals surface area (Å²) in [6.07, 6.45) is 0. The number of nitrogens with two attached hydrogens (primary N) is 1. The Morgan fingerprint density at radius 2 is 2.19 bits per heavy atom. The minimum atomic E-state index is -0.847. The standard InChI is InChI=1S/C11H12N4O/c1-7-3-4-9(8(2)5-7)14-15-10(6-12)11(13)16/h3-5,14H,1-2H3,(H2,13,16)/b15-10-. The molecule has 0 saturated carbocycles. The number of carbonyl (C=O) groups is 1. The molecule has 3 N–H and O–H groups in total. The summed E-state index contributed by atoms with van der Waals surface area (Å²) < 4.78 is 0. The van der Waals surface area contributed by atoms with E-state index < -0.39 is 5.91 Å². The molecule has 1 aromatic rings. The van der Waals surface area contributed by atoms with Crippen LogP contribution >= 0.6 is 0 Å². The fraction of sp³-hybridized carbons (Fsp3) is 0.182. The van der Waals surface area contributed by atoms with Gasteiger partial charge in [0.25, 0.3) is 5.91 Å². The summed E-state index contributed by atoms with van der Waals surface area (Å²) >= 11 is 0. The van der Waals surface area contributed by atoms with Crippen molar-refractivity contribution in [3.63, 3.8) is 0 Å². The zero-order valence-electron chi connectivity index (χ0n) is 9.11. The molecule has 16 heavy (non-hydrogen) atoms. The quantitative estimate of drug-likeness (QED) is 0.585. The Labute approximate surface area is 93.6 Å². The van der Waals surface area contributed by atoms with Gasteiger partial charge in [-0.1, -0.05) is 17.7 Å². The number of anilines is 1. The van der Waals surface area contributed by atoms with Gasteiger partial charge in [0.1, 0.15) is 6.07 Å². The molecule has 0 spiro atoms. The molecule has 0 saturated heterocycles. The Kier molecular flexibility index (Phi) is 3.62. The predicted molar refractivity (Wildman–Crippen MR) is 61.8 cm³/mol. The first-order chi connectivity index (χ1) is 7.54. The van der Waals surface area contributed by atoms with Crippen molar-refractivity contribution in [2.45, 2.75) is 13.8 Å². The predicted octanol–water partition coefficient (Wildman–Crippen LogP) is 1.08. The number of nitriles is 1. The summed E-state index contributed by atoms with van der Waals surface area (Å²) in [5, 5.41) is 12.2. The highest BCUT2D eigenvalue weighted by molar-refractivity contribution is 6.44. The summed E-state index contributed by atoms with van der Waals surface area (Å²) in [5.41, 5.74) is 10.1. The van der Waals surface area contributed by atoms with Crippen LogP contribution in [0.2, 0.25) is 0 Å². The fourth-order valence-corrected chi connectivity index (χ4v) is 1.19. The van der Waals surface area contributed by atoms with E-state index in [4.69, 9.17) is 11.0 Å². The van der Waals surface area contributed by atoms with Gasteiger partial charge in [0.2, 0.25) is 5.71 Å². The molecule has 0 aliphatic rings. The smallest absolute Gasteiger partial charge is 0.280 e. The Bertz CT molecular complexity index is 485. The number of aryl methyl sites for hydroxylation is 2. The van der Waals surface area contributed by atoms with Crippen molar-refractivity contribution >= 4 is 17.3 Å². The number of benzene rings is 1. The van der Waals surface area contributed by atoms with Crippen molar-refractivity contribution < 1.29 is 4.79 Å². The Balaban J connectivity index is 2.90. The summed E-state index contributed by atoms with van der Waals surface area (Å²) in [7, 11) is 0. The number of carbonyl (C=O) groups excluding carboxylic acids is 1. The van der Waals surface area contributed by atoms with Gasteiger partial charge in [0.15, 0.2) is 0 Å². The van der Waals surface area contributed by atoms with E-state index in [-0.39, 0.29) is 5.71 Å². The molecule has 0 fully saturated rings. The topological polar surface area (TPSA) is 91.3 Å². The molecule has 5 nitrogen and oxygen atoms in total. The maximum atomic E-state index is 10.7. The lowest BCUT2D eigenvalue weighted by Gasteiger charge is -2.05. The van der Waals surface area contributed by atoms with E-state index in [1.165, 1.54) is 0 Å². The fourth-order valence-electron chi connectivity index (χ4n) is 1.19. The molecule has 5 heteroatoms. The van der Waals surface area contributed by atoms with Gasteiger partial charge in [0.05, 0.1) is 5.69 Å². The molecular formula is C11H12N4O. The van der Waals surface area contributed by atoms with Crippen molar-refractivity contribution in [1.29, 1.82) is 5.26 Å². The van der Waals surface area contributed by atoms with Crippen LogP contribution in [0.1, 0.15) is 11.1 Å². The van der Waals surface area contributed by atoms with Crippen molar-refractivity contribution in [3.05, 3.63) is 29.3 Å². The van der Waals surface area contributed by atoms with E-state index in [9.17, 15) is 4.79 Å². The first kappa shape index (κ1) is 11.7. The van der Waals surface area contributed by atoms with Crippen molar-refractivity contribution in [1.82, 2.24) is 0 Å². The first-order valence-corrected chi connectivity index (χ1v) is 4.65. The van der Waals surface area contributed by atoms with E-state index in [0.717, 1.165) is 16.8 Å². The van der Waals surface area contributed by atoms with E-state index >= 15 is 0 Å². The number of rotatable bonds is 3. The van der Waals surface area contributed by atoms with Crippen LogP contribution in [0.4, 0.5) is 5.69 Å². The third-order valence-electron chi connectivity index (χ3n) is 2.01. The Morgan fingerprint density at radius 3 is 2.69 bits per heavy atom. The second-order valence-corrected chi connectivity index (χ2v) is 3.37. The second-order valence-electron chi connectivity index (χ2n) is 3.37. The highest BCUT2D eigenvalue weighted by atomic mass is 16.1. The number of hydrazone groups is 1. The molecule has 0 unspecified atom stereocenters. The van der Waals surface area contributed by atoms with Crippen LogP contribution in [-0.4, -0.2) is 11.6 Å². The lowest BCUT2D eigenvalue weighted by Crippen LogP contribution is -2.22. The van der Waals surface area contributed by atoms with Gasteiger partial charge in [-0.25, -0.2) is 0 Å². The summed E-state index contributed by atoms with van der Waals surface area (Å²) in [6.45, 7) is 3.88. The van der Waals surface area contributed by atoms with E-state index in [2.05, 4.69) is 10.5 Å². The van der Waals surface area contributed by atoms with Gasteiger partial charge in [-0.05, 0) is 25.5 Å². The normalized spacial score (nSPS) is 10.7. The van der Waals surface area contributed by atoms with Gasteiger partial charge < -0.3 is 5.73 Å². The van der Waals surface area contributed by atoms with E-state index in [1.54, 1.807) is 6.07 Å². The average molecular weight is 216 g/mol. The lowest BCUT2D eigenvalue weighted by molar-refractivity contribution is -0.111. The molecule has 0 aliphatic carbocycles. The molecule has 0 aliphatic heterocycles. The minimum absolute atomic E-state index is 0.347. The van der Waals surface area contributed by atoms with Gasteiger partial charge in [-0.2, -0.15) is 10.4 Å². The van der Waals surface area contributed by atoms with Crippen LogP contribution in [0.5, 0.6) is 0 Å². The maximum Gasteiger partial charge on any atom is 0.280 e. The summed E-state index contributed by atoms with van der Waals surface area (Å²) in [6, 6.07) is 7.31. The average Bonchev–Trinajstić information content (AvgIpc) is 2.21. The number of amides is 1. The van der Waals surface area contributed by atoms with Crippen molar-refractivity contribution in [2.75, 3.05) is 5.43 Å². The number of nitrogens with zero attached hydrogens (tertiary/aromatic N) is 2. The first-order valence-electron chi connectivity index (χ1n) is 4.65. The SMILES string of the molecule is Cc1ccc(N/N=C(/C#N)C(N)=O)c(C)c1. The lowest BCUT2D eigenvalue weighted by atomic mass is 10.1. The minimum Gasteiger partial charge on any atom is -0.364 e. The van der Waals surface area contributed by atoms with E-state index in [1.807, 2.05) is 32.0 Å². The van der Waals surface area contributed by atoms with Crippen LogP contribution in [0, 0.1) is 25.2 Å². The van der Waals surface area contributed by atoms with Gasteiger partial charge in [-0.3, -0.25) is 10.2 Å². The molecule has 1 amide bonds. The molecule has 0 atom stereocenters. The molecule has 0 bridgehead atoms. The number of primary amides is 1. The molecule has 1 rings (SSSR count). The third kappa shape index (κ3) is 2.82. The monoisotopic (exact) mass is 216 g/mol. The van der Waals surface area contributed by atoms with Crippen molar-refractivity contribution in [2.24, 2.45) is 10.8 Å². The van der Waals surface area contributed by atoms with Gasteiger partial charge in [0, 0.05) is 0 Å². The van der Waals surface area contributed by atoms with Gasteiger partial charge >= 0.3 is 0 Å². The highest BCUT2D eigenvalue weighted by Gasteiger charge is 2.05. The van der Waals surface area contributed by atoms with Crippen LogP contribution < -0.4 is 11.2 Å². The zero-order chi connectivity index (χ0) is 12.1. The molecule has 0 aromatic heterocycles. The van der Waals surface area contributed by atoms with Crippen molar-refractivity contribution in [3.8, 4) is 6.07 Å². The van der Waals surface area contributed by atoms with Crippen LogP contribution in [0.25, 0.3) is 0 Å². The van der Waals surface area contributed by atoms with Crippen LogP contribution in [0.15, 0.2) is 23.3 Å². The zero-order valence-corrected chi connectivity index (χ0v) is 9.11.